The van der Waals surface area contributed by atoms with Gasteiger partial charge in [-0.05, 0) is 31.4 Å². The zero-order valence-corrected chi connectivity index (χ0v) is 8.69. The molecule has 5 heteroatoms. The summed E-state index contributed by atoms with van der Waals surface area (Å²) in [6.45, 7) is 0. The van der Waals surface area contributed by atoms with E-state index in [1.54, 1.807) is 12.1 Å². The number of hydrogen-bond acceptors (Lipinski definition) is 3. The number of nitrogens with zero attached hydrogens (tertiary/aromatic N) is 1. The van der Waals surface area contributed by atoms with Crippen LogP contribution in [-0.2, 0) is 0 Å². The number of carboxylic acids is 1. The standard InChI is InChI=1S/C11H13FN2O2/c12-7-4-5-8(6-7)13-10-3-1-2-9(14-10)11(15)16/h1-3,7-8H,4-6H2,(H,13,14)(H,15,16). The number of aromatic carboxylic acids is 1. The minimum absolute atomic E-state index is 0.000189. The molecule has 0 amide bonds. The average Bonchev–Trinajstić information content (AvgIpc) is 2.64. The third-order valence-corrected chi connectivity index (χ3v) is 2.69. The van der Waals surface area contributed by atoms with Gasteiger partial charge in [-0.15, -0.1) is 0 Å². The molecule has 1 saturated carbocycles. The summed E-state index contributed by atoms with van der Waals surface area (Å²) in [4.78, 5) is 14.6. The Bertz CT molecular complexity index is 397. The van der Waals surface area contributed by atoms with Crippen LogP contribution >= 0.6 is 0 Å². The molecule has 0 aromatic carbocycles. The lowest BCUT2D eigenvalue weighted by Gasteiger charge is -2.12. The summed E-state index contributed by atoms with van der Waals surface area (Å²) in [5, 5.41) is 11.8. The molecule has 0 bridgehead atoms. The van der Waals surface area contributed by atoms with Crippen LogP contribution in [0.15, 0.2) is 18.2 Å². The number of carbonyl (C=O) groups is 1. The quantitative estimate of drug-likeness (QED) is 0.825. The number of alkyl halides is 1. The fourth-order valence-electron chi connectivity index (χ4n) is 1.90. The summed E-state index contributed by atoms with van der Waals surface area (Å²) in [6, 6.07) is 4.81. The number of anilines is 1. The van der Waals surface area contributed by atoms with Crippen LogP contribution in [0.2, 0.25) is 0 Å². The van der Waals surface area contributed by atoms with Crippen molar-refractivity contribution in [3.63, 3.8) is 0 Å². The van der Waals surface area contributed by atoms with Crippen LogP contribution in [0.3, 0.4) is 0 Å². The summed E-state index contributed by atoms with van der Waals surface area (Å²) >= 11 is 0. The highest BCUT2D eigenvalue weighted by molar-refractivity contribution is 5.85. The summed E-state index contributed by atoms with van der Waals surface area (Å²) in [6.07, 6.45) is 1.05. The Hall–Kier alpha value is -1.65. The Morgan fingerprint density at radius 2 is 2.31 bits per heavy atom. The highest BCUT2D eigenvalue weighted by Gasteiger charge is 2.24. The molecule has 2 unspecified atom stereocenters. The van der Waals surface area contributed by atoms with Crippen molar-refractivity contribution in [2.24, 2.45) is 0 Å². The molecule has 0 radical (unpaired) electrons. The van der Waals surface area contributed by atoms with Crippen molar-refractivity contribution in [1.29, 1.82) is 0 Å². The molecule has 0 spiro atoms. The number of hydrogen-bond donors (Lipinski definition) is 2. The predicted molar refractivity (Wildman–Crippen MR) is 57.4 cm³/mol. The smallest absolute Gasteiger partial charge is 0.354 e. The molecule has 1 aromatic rings. The molecule has 1 aliphatic rings. The molecule has 2 N–H and O–H groups in total. The molecular weight excluding hydrogens is 211 g/mol. The minimum atomic E-state index is -1.06. The molecule has 2 rings (SSSR count). The fraction of sp³-hybridized carbons (Fsp3) is 0.455. The molecule has 4 nitrogen and oxygen atoms in total. The number of aromatic nitrogens is 1. The van der Waals surface area contributed by atoms with E-state index in [1.807, 2.05) is 0 Å². The van der Waals surface area contributed by atoms with Crippen LogP contribution in [0.25, 0.3) is 0 Å². The number of halogens is 1. The lowest BCUT2D eigenvalue weighted by Crippen LogP contribution is -2.17. The molecule has 86 valence electrons. The van der Waals surface area contributed by atoms with Gasteiger partial charge in [-0.2, -0.15) is 0 Å². The molecule has 16 heavy (non-hydrogen) atoms. The van der Waals surface area contributed by atoms with E-state index in [0.717, 1.165) is 6.42 Å². The van der Waals surface area contributed by atoms with Crippen LogP contribution < -0.4 is 5.32 Å². The van der Waals surface area contributed by atoms with Crippen LogP contribution in [0.1, 0.15) is 29.8 Å². The molecule has 1 aliphatic carbocycles. The van der Waals surface area contributed by atoms with Gasteiger partial charge in [0.25, 0.3) is 0 Å². The largest absolute Gasteiger partial charge is 0.477 e. The number of nitrogens with one attached hydrogen (secondary N) is 1. The van der Waals surface area contributed by atoms with Crippen LogP contribution in [0.4, 0.5) is 10.2 Å². The van der Waals surface area contributed by atoms with Crippen molar-refractivity contribution in [3.05, 3.63) is 23.9 Å². The third kappa shape index (κ3) is 2.48. The zero-order chi connectivity index (χ0) is 11.5. The van der Waals surface area contributed by atoms with Crippen molar-refractivity contribution in [3.8, 4) is 0 Å². The van der Waals surface area contributed by atoms with Crippen molar-refractivity contribution < 1.29 is 14.3 Å². The van der Waals surface area contributed by atoms with Gasteiger partial charge in [0.15, 0.2) is 5.69 Å². The lowest BCUT2D eigenvalue weighted by atomic mass is 10.2. The molecular formula is C11H13FN2O2. The average molecular weight is 224 g/mol. The second-order valence-corrected chi connectivity index (χ2v) is 3.96. The van der Waals surface area contributed by atoms with Gasteiger partial charge in [0.1, 0.15) is 12.0 Å². The maximum atomic E-state index is 12.9. The monoisotopic (exact) mass is 224 g/mol. The van der Waals surface area contributed by atoms with Gasteiger partial charge in [-0.1, -0.05) is 6.07 Å². The van der Waals surface area contributed by atoms with Crippen molar-refractivity contribution in [2.75, 3.05) is 5.32 Å². The van der Waals surface area contributed by atoms with Crippen LogP contribution in [-0.4, -0.2) is 28.3 Å². The number of rotatable bonds is 3. The van der Waals surface area contributed by atoms with E-state index < -0.39 is 12.1 Å². The molecule has 1 heterocycles. The van der Waals surface area contributed by atoms with Crippen molar-refractivity contribution >= 4 is 11.8 Å². The molecule has 1 aromatic heterocycles. The Labute approximate surface area is 92.5 Å². The summed E-state index contributed by atoms with van der Waals surface area (Å²) in [5.74, 6) is -0.558. The van der Waals surface area contributed by atoms with E-state index in [2.05, 4.69) is 10.3 Å². The maximum absolute atomic E-state index is 12.9. The predicted octanol–water partition coefficient (Wildman–Crippen LogP) is 2.08. The van der Waals surface area contributed by atoms with Gasteiger partial charge >= 0.3 is 5.97 Å². The van der Waals surface area contributed by atoms with E-state index in [1.165, 1.54) is 6.07 Å². The Balaban J connectivity index is 2.04. The fourth-order valence-corrected chi connectivity index (χ4v) is 1.90. The Morgan fingerprint density at radius 1 is 1.50 bits per heavy atom. The van der Waals surface area contributed by atoms with Gasteiger partial charge in [0.05, 0.1) is 0 Å². The molecule has 0 aliphatic heterocycles. The summed E-state index contributed by atoms with van der Waals surface area (Å²) in [7, 11) is 0. The van der Waals surface area contributed by atoms with E-state index >= 15 is 0 Å². The third-order valence-electron chi connectivity index (χ3n) is 2.69. The zero-order valence-electron chi connectivity index (χ0n) is 8.69. The van der Waals surface area contributed by atoms with Gasteiger partial charge in [0, 0.05) is 6.04 Å². The van der Waals surface area contributed by atoms with Crippen LogP contribution in [0.5, 0.6) is 0 Å². The van der Waals surface area contributed by atoms with E-state index in [9.17, 15) is 9.18 Å². The van der Waals surface area contributed by atoms with Gasteiger partial charge < -0.3 is 10.4 Å². The number of carboxylic acid groups (broad SMARTS) is 1. The van der Waals surface area contributed by atoms with Crippen LogP contribution in [0, 0.1) is 0 Å². The minimum Gasteiger partial charge on any atom is -0.477 e. The van der Waals surface area contributed by atoms with E-state index in [0.29, 0.717) is 18.7 Å². The molecule has 2 atom stereocenters. The first-order chi connectivity index (χ1) is 7.65. The Kier molecular flexibility index (Phi) is 3.03. The van der Waals surface area contributed by atoms with Gasteiger partial charge in [-0.25, -0.2) is 14.2 Å². The van der Waals surface area contributed by atoms with Gasteiger partial charge in [-0.3, -0.25) is 0 Å². The SMILES string of the molecule is O=C(O)c1cccc(NC2CCC(F)C2)n1. The highest BCUT2D eigenvalue weighted by atomic mass is 19.1. The maximum Gasteiger partial charge on any atom is 0.354 e. The second kappa shape index (κ2) is 4.47. The van der Waals surface area contributed by atoms with E-state index in [-0.39, 0.29) is 11.7 Å². The second-order valence-electron chi connectivity index (χ2n) is 3.96. The van der Waals surface area contributed by atoms with Gasteiger partial charge in [0.2, 0.25) is 0 Å². The summed E-state index contributed by atoms with van der Waals surface area (Å²) in [5.41, 5.74) is -0.000189. The first kappa shape index (κ1) is 10.9. The lowest BCUT2D eigenvalue weighted by molar-refractivity contribution is 0.0690. The highest BCUT2D eigenvalue weighted by Crippen LogP contribution is 2.24. The Morgan fingerprint density at radius 3 is 2.94 bits per heavy atom. The van der Waals surface area contributed by atoms with Crippen molar-refractivity contribution in [2.45, 2.75) is 31.5 Å². The molecule has 0 saturated heterocycles. The summed E-state index contributed by atoms with van der Waals surface area (Å²) < 4.78 is 12.9. The number of pyridine rings is 1. The topological polar surface area (TPSA) is 62.2 Å². The first-order valence-corrected chi connectivity index (χ1v) is 5.26. The first-order valence-electron chi connectivity index (χ1n) is 5.26. The normalized spacial score (nSPS) is 24.3. The molecule has 1 fully saturated rings. The van der Waals surface area contributed by atoms with Crippen molar-refractivity contribution in [1.82, 2.24) is 4.98 Å². The van der Waals surface area contributed by atoms with E-state index in [4.69, 9.17) is 5.11 Å².